The van der Waals surface area contributed by atoms with Crippen LogP contribution in [0, 0.1) is 5.92 Å². The Morgan fingerprint density at radius 2 is 2.14 bits per heavy atom. The molecule has 4 heteroatoms. The van der Waals surface area contributed by atoms with Crippen LogP contribution in [-0.2, 0) is 22.3 Å². The van der Waals surface area contributed by atoms with Crippen molar-refractivity contribution in [1.29, 1.82) is 0 Å². The van der Waals surface area contributed by atoms with E-state index in [2.05, 4.69) is 33.0 Å². The number of ether oxygens (including phenoxy) is 1. The molecular formula is C17H30N2OS. The Labute approximate surface area is 133 Å². The zero-order valence-electron chi connectivity index (χ0n) is 14.4. The first-order valence-corrected chi connectivity index (χ1v) is 8.84. The molecule has 1 fully saturated rings. The molecule has 2 unspecified atom stereocenters. The maximum absolute atomic E-state index is 6.02. The van der Waals surface area contributed by atoms with E-state index in [4.69, 9.17) is 9.72 Å². The van der Waals surface area contributed by atoms with Crippen molar-refractivity contribution in [2.24, 2.45) is 5.92 Å². The van der Waals surface area contributed by atoms with E-state index in [0.717, 1.165) is 19.4 Å². The Hall–Kier alpha value is -0.450. The maximum Gasteiger partial charge on any atom is 0.125 e. The van der Waals surface area contributed by atoms with Gasteiger partial charge >= 0.3 is 0 Å². The molecule has 2 rings (SSSR count). The highest BCUT2D eigenvalue weighted by Gasteiger charge is 2.40. The molecule has 3 nitrogen and oxygen atoms in total. The van der Waals surface area contributed by atoms with Crippen molar-refractivity contribution in [3.8, 4) is 0 Å². The summed E-state index contributed by atoms with van der Waals surface area (Å²) in [6, 6.07) is 0. The summed E-state index contributed by atoms with van der Waals surface area (Å²) in [6.45, 7) is 9.95. The van der Waals surface area contributed by atoms with Gasteiger partial charge in [-0.2, -0.15) is 0 Å². The van der Waals surface area contributed by atoms with Gasteiger partial charge in [0.15, 0.2) is 0 Å². The Bertz CT molecular complexity index is 478. The summed E-state index contributed by atoms with van der Waals surface area (Å²) in [5.41, 5.74) is 1.15. The summed E-state index contributed by atoms with van der Waals surface area (Å²) >= 11 is 1.84. The second-order valence-corrected chi connectivity index (χ2v) is 8.55. The fourth-order valence-corrected chi connectivity index (χ4v) is 4.87. The second kappa shape index (κ2) is 6.35. The minimum Gasteiger partial charge on any atom is -0.371 e. The van der Waals surface area contributed by atoms with Crippen LogP contribution in [0.15, 0.2) is 0 Å². The third kappa shape index (κ3) is 3.49. The van der Waals surface area contributed by atoms with Gasteiger partial charge in [0.05, 0.1) is 5.69 Å². The molecule has 0 amide bonds. The Kier molecular flexibility index (Phi) is 5.11. The predicted octanol–water partition coefficient (Wildman–Crippen LogP) is 4.21. The third-order valence-electron chi connectivity index (χ3n) is 4.48. The molecule has 0 saturated heterocycles. The molecule has 1 N–H and O–H groups in total. The molecule has 0 aliphatic heterocycles. The molecule has 1 aromatic heterocycles. The van der Waals surface area contributed by atoms with Gasteiger partial charge in [-0.25, -0.2) is 4.98 Å². The molecular weight excluding hydrogens is 280 g/mol. The first-order chi connectivity index (χ1) is 9.82. The van der Waals surface area contributed by atoms with E-state index in [1.165, 1.54) is 28.4 Å². The van der Waals surface area contributed by atoms with Crippen molar-refractivity contribution in [1.82, 2.24) is 10.3 Å². The van der Waals surface area contributed by atoms with Crippen LogP contribution in [0.3, 0.4) is 0 Å². The standard InChI is InChI=1S/C17H30N2OS/c1-12-8-7-9-17(10-12,20-6)15-19-14(16(2,3)4)13(21-15)11-18-5/h12,18H,7-11H2,1-6H3. The molecule has 120 valence electrons. The van der Waals surface area contributed by atoms with Crippen LogP contribution in [0.25, 0.3) is 0 Å². The average molecular weight is 311 g/mol. The van der Waals surface area contributed by atoms with Crippen molar-refractivity contribution >= 4 is 11.3 Å². The Morgan fingerprint density at radius 3 is 2.67 bits per heavy atom. The van der Waals surface area contributed by atoms with Gasteiger partial charge in [0.2, 0.25) is 0 Å². The number of nitrogens with one attached hydrogen (secondary N) is 1. The van der Waals surface area contributed by atoms with E-state index in [-0.39, 0.29) is 11.0 Å². The van der Waals surface area contributed by atoms with Gasteiger partial charge in [-0.15, -0.1) is 11.3 Å². The fourth-order valence-electron chi connectivity index (χ4n) is 3.38. The van der Waals surface area contributed by atoms with Crippen LogP contribution < -0.4 is 5.32 Å². The highest BCUT2D eigenvalue weighted by atomic mass is 32.1. The van der Waals surface area contributed by atoms with Crippen LogP contribution >= 0.6 is 11.3 Å². The van der Waals surface area contributed by atoms with E-state index in [1.807, 2.05) is 25.5 Å². The summed E-state index contributed by atoms with van der Waals surface area (Å²) in [5.74, 6) is 0.716. The summed E-state index contributed by atoms with van der Waals surface area (Å²) < 4.78 is 6.02. The monoisotopic (exact) mass is 310 g/mol. The minimum atomic E-state index is -0.158. The number of nitrogens with zero attached hydrogens (tertiary/aromatic N) is 1. The summed E-state index contributed by atoms with van der Waals surface area (Å²) in [4.78, 5) is 6.41. The zero-order valence-corrected chi connectivity index (χ0v) is 15.2. The van der Waals surface area contributed by atoms with Gasteiger partial charge in [-0.1, -0.05) is 34.1 Å². The Balaban J connectivity index is 2.42. The fraction of sp³-hybridized carbons (Fsp3) is 0.824. The van der Waals surface area contributed by atoms with E-state index < -0.39 is 0 Å². The van der Waals surface area contributed by atoms with Crippen molar-refractivity contribution in [2.75, 3.05) is 14.2 Å². The van der Waals surface area contributed by atoms with Crippen molar-refractivity contribution < 1.29 is 4.74 Å². The average Bonchev–Trinajstić information content (AvgIpc) is 2.83. The van der Waals surface area contributed by atoms with Gasteiger partial charge in [0.25, 0.3) is 0 Å². The molecule has 0 bridgehead atoms. The summed E-state index contributed by atoms with van der Waals surface area (Å²) in [7, 11) is 3.86. The first-order valence-electron chi connectivity index (χ1n) is 8.03. The van der Waals surface area contributed by atoms with Gasteiger partial charge < -0.3 is 10.1 Å². The van der Waals surface area contributed by atoms with Crippen LogP contribution in [0.1, 0.15) is 69.0 Å². The lowest BCUT2D eigenvalue weighted by Gasteiger charge is -2.37. The Morgan fingerprint density at radius 1 is 1.43 bits per heavy atom. The molecule has 0 aromatic carbocycles. The normalized spacial score (nSPS) is 27.0. The molecule has 1 aromatic rings. The highest BCUT2D eigenvalue weighted by Crippen LogP contribution is 2.45. The van der Waals surface area contributed by atoms with Gasteiger partial charge in [0.1, 0.15) is 10.6 Å². The molecule has 1 aliphatic carbocycles. The van der Waals surface area contributed by atoms with E-state index in [9.17, 15) is 0 Å². The van der Waals surface area contributed by atoms with Crippen molar-refractivity contribution in [2.45, 2.75) is 70.9 Å². The largest absolute Gasteiger partial charge is 0.371 e. The van der Waals surface area contributed by atoms with E-state index in [1.54, 1.807) is 0 Å². The van der Waals surface area contributed by atoms with E-state index in [0.29, 0.717) is 5.92 Å². The topological polar surface area (TPSA) is 34.1 Å². The van der Waals surface area contributed by atoms with E-state index >= 15 is 0 Å². The summed E-state index contributed by atoms with van der Waals surface area (Å²) in [5, 5.41) is 4.47. The van der Waals surface area contributed by atoms with Gasteiger partial charge in [0, 0.05) is 23.9 Å². The first kappa shape index (κ1) is 16.9. The van der Waals surface area contributed by atoms with Gasteiger partial charge in [-0.05, 0) is 32.2 Å². The number of rotatable bonds is 4. The molecule has 1 heterocycles. The second-order valence-electron chi connectivity index (χ2n) is 7.47. The van der Waals surface area contributed by atoms with Crippen LogP contribution in [0.5, 0.6) is 0 Å². The lowest BCUT2D eigenvalue weighted by molar-refractivity contribution is -0.0581. The third-order valence-corrected chi connectivity index (χ3v) is 5.72. The van der Waals surface area contributed by atoms with Crippen molar-refractivity contribution in [3.05, 3.63) is 15.6 Å². The lowest BCUT2D eigenvalue weighted by Crippen LogP contribution is -2.34. The van der Waals surface area contributed by atoms with Crippen LogP contribution in [0.4, 0.5) is 0 Å². The molecule has 1 aliphatic rings. The number of hydrogen-bond acceptors (Lipinski definition) is 4. The van der Waals surface area contributed by atoms with Crippen molar-refractivity contribution in [3.63, 3.8) is 0 Å². The minimum absolute atomic E-state index is 0.0795. The van der Waals surface area contributed by atoms with Crippen LogP contribution in [0.2, 0.25) is 0 Å². The number of hydrogen-bond donors (Lipinski definition) is 1. The zero-order chi connectivity index (χ0) is 15.7. The molecule has 21 heavy (non-hydrogen) atoms. The number of methoxy groups -OCH3 is 1. The lowest BCUT2D eigenvalue weighted by atomic mass is 9.79. The predicted molar refractivity (Wildman–Crippen MR) is 89.9 cm³/mol. The quantitative estimate of drug-likeness (QED) is 0.904. The SMILES string of the molecule is CNCc1sc(C2(OC)CCCC(C)C2)nc1C(C)(C)C. The number of aromatic nitrogens is 1. The van der Waals surface area contributed by atoms with Gasteiger partial charge in [-0.3, -0.25) is 0 Å². The molecule has 0 radical (unpaired) electrons. The maximum atomic E-state index is 6.02. The molecule has 2 atom stereocenters. The van der Waals surface area contributed by atoms with Crippen LogP contribution in [-0.4, -0.2) is 19.1 Å². The smallest absolute Gasteiger partial charge is 0.125 e. The highest BCUT2D eigenvalue weighted by molar-refractivity contribution is 7.11. The summed E-state index contributed by atoms with van der Waals surface area (Å²) in [6.07, 6.45) is 4.75. The molecule has 0 spiro atoms. The molecule has 1 saturated carbocycles. The number of thiazole rings is 1.